The molecule has 126 valence electrons. The van der Waals surface area contributed by atoms with Crippen LogP contribution in [0.25, 0.3) is 5.65 Å². The third-order valence-corrected chi connectivity index (χ3v) is 3.73. The summed E-state index contributed by atoms with van der Waals surface area (Å²) in [6, 6.07) is 7.61. The molecule has 0 unspecified atom stereocenters. The highest BCUT2D eigenvalue weighted by Gasteiger charge is 2.18. The van der Waals surface area contributed by atoms with Crippen molar-refractivity contribution in [2.75, 3.05) is 0 Å². The normalized spacial score (nSPS) is 11.3. The van der Waals surface area contributed by atoms with E-state index in [4.69, 9.17) is 16.7 Å². The van der Waals surface area contributed by atoms with Crippen molar-refractivity contribution in [3.8, 4) is 0 Å². The predicted octanol–water partition coefficient (Wildman–Crippen LogP) is 4.11. The number of benzene rings is 1. The molecule has 2 aromatic heterocycles. The highest BCUT2D eigenvalue weighted by Crippen LogP contribution is 2.27. The van der Waals surface area contributed by atoms with Gasteiger partial charge in [-0.3, -0.25) is 4.40 Å². The van der Waals surface area contributed by atoms with Crippen molar-refractivity contribution in [1.29, 1.82) is 0 Å². The number of carbonyl (C=O) groups is 2. The van der Waals surface area contributed by atoms with Crippen molar-refractivity contribution in [2.45, 2.75) is 6.92 Å². The van der Waals surface area contributed by atoms with Gasteiger partial charge in [-0.05, 0) is 42.8 Å². The highest BCUT2D eigenvalue weighted by atomic mass is 35.5. The zero-order chi connectivity index (χ0) is 18.1. The molecule has 8 nitrogen and oxygen atoms in total. The first-order chi connectivity index (χ1) is 11.9. The second-order valence-electron chi connectivity index (χ2n) is 5.19. The van der Waals surface area contributed by atoms with Gasteiger partial charge in [-0.15, -0.1) is 10.2 Å². The minimum Gasteiger partial charge on any atom is -0.478 e. The molecule has 0 bridgehead atoms. The molecule has 0 aliphatic rings. The molecule has 0 spiro atoms. The zero-order valence-corrected chi connectivity index (χ0v) is 13.6. The number of hydrogen-bond donors (Lipinski definition) is 2. The average molecular weight is 359 g/mol. The summed E-state index contributed by atoms with van der Waals surface area (Å²) >= 11 is 5.81. The lowest BCUT2D eigenvalue weighted by Crippen LogP contribution is -1.97. The van der Waals surface area contributed by atoms with E-state index in [2.05, 4.69) is 15.2 Å². The molecular weight excluding hydrogens is 348 g/mol. The van der Waals surface area contributed by atoms with E-state index < -0.39 is 11.9 Å². The first-order valence-corrected chi connectivity index (χ1v) is 7.41. The number of fused-ring (bicyclic) bond motifs is 1. The van der Waals surface area contributed by atoms with Gasteiger partial charge in [-0.25, -0.2) is 14.6 Å². The lowest BCUT2D eigenvalue weighted by atomic mass is 10.2. The predicted molar refractivity (Wildman–Crippen MR) is 89.5 cm³/mol. The maximum absolute atomic E-state index is 11.4. The fourth-order valence-corrected chi connectivity index (χ4v) is 2.42. The van der Waals surface area contributed by atoms with Crippen LogP contribution in [-0.2, 0) is 0 Å². The summed E-state index contributed by atoms with van der Waals surface area (Å²) in [7, 11) is 0. The van der Waals surface area contributed by atoms with E-state index in [1.165, 1.54) is 22.6 Å². The van der Waals surface area contributed by atoms with Crippen molar-refractivity contribution < 1.29 is 19.8 Å². The second kappa shape index (κ2) is 6.33. The van der Waals surface area contributed by atoms with Gasteiger partial charge in [0.05, 0.1) is 16.3 Å². The second-order valence-corrected chi connectivity index (χ2v) is 5.60. The van der Waals surface area contributed by atoms with Crippen LogP contribution in [0, 0.1) is 6.92 Å². The fraction of sp³-hybridized carbons (Fsp3) is 0.0625. The maximum atomic E-state index is 11.4. The van der Waals surface area contributed by atoms with Crippen molar-refractivity contribution in [1.82, 2.24) is 9.38 Å². The summed E-state index contributed by atoms with van der Waals surface area (Å²) in [4.78, 5) is 26.6. The Morgan fingerprint density at radius 3 is 2.56 bits per heavy atom. The molecule has 0 fully saturated rings. The van der Waals surface area contributed by atoms with Crippen LogP contribution < -0.4 is 0 Å². The van der Waals surface area contributed by atoms with Crippen LogP contribution in [0.2, 0.25) is 5.02 Å². The Balaban J connectivity index is 2.10. The molecular formula is C16H11ClN4O4. The van der Waals surface area contributed by atoms with Crippen molar-refractivity contribution in [3.63, 3.8) is 0 Å². The quantitative estimate of drug-likeness (QED) is 0.680. The number of carboxylic acids is 2. The van der Waals surface area contributed by atoms with Gasteiger partial charge in [0, 0.05) is 6.20 Å². The molecule has 0 amide bonds. The molecule has 2 heterocycles. The monoisotopic (exact) mass is 358 g/mol. The largest absolute Gasteiger partial charge is 0.478 e. The molecule has 0 aliphatic carbocycles. The number of imidazole rings is 1. The number of nitrogens with zero attached hydrogens (tertiary/aromatic N) is 4. The Labute approximate surface area is 146 Å². The Morgan fingerprint density at radius 1 is 1.12 bits per heavy atom. The molecule has 3 rings (SSSR count). The molecule has 9 heteroatoms. The van der Waals surface area contributed by atoms with Gasteiger partial charge in [0.25, 0.3) is 0 Å². The molecule has 1 aromatic carbocycles. The summed E-state index contributed by atoms with van der Waals surface area (Å²) in [5.41, 5.74) is 1.20. The van der Waals surface area contributed by atoms with Gasteiger partial charge >= 0.3 is 11.9 Å². The van der Waals surface area contributed by atoms with Crippen LogP contribution in [0.3, 0.4) is 0 Å². The molecule has 0 radical (unpaired) electrons. The van der Waals surface area contributed by atoms with Crippen LogP contribution in [0.15, 0.2) is 46.8 Å². The summed E-state index contributed by atoms with van der Waals surface area (Å²) in [5, 5.41) is 26.3. The molecule has 0 aliphatic heterocycles. The van der Waals surface area contributed by atoms with Crippen LogP contribution in [0.5, 0.6) is 0 Å². The number of pyridine rings is 1. The van der Waals surface area contributed by atoms with Crippen molar-refractivity contribution in [3.05, 3.63) is 58.4 Å². The Kier molecular flexibility index (Phi) is 4.20. The van der Waals surface area contributed by atoms with Crippen LogP contribution in [0.4, 0.5) is 11.5 Å². The fourth-order valence-electron chi connectivity index (χ4n) is 2.22. The first-order valence-electron chi connectivity index (χ1n) is 7.03. The van der Waals surface area contributed by atoms with E-state index in [0.29, 0.717) is 5.65 Å². The number of aromatic carboxylic acids is 2. The van der Waals surface area contributed by atoms with E-state index in [0.717, 1.165) is 5.56 Å². The SMILES string of the molecule is Cc1ccn2c(N=Nc3ccc(Cl)c(C(=O)O)c3)c(C(=O)O)nc2c1. The minimum atomic E-state index is -1.24. The van der Waals surface area contributed by atoms with Gasteiger partial charge in [0.1, 0.15) is 5.65 Å². The third-order valence-electron chi connectivity index (χ3n) is 3.40. The van der Waals surface area contributed by atoms with E-state index >= 15 is 0 Å². The lowest BCUT2D eigenvalue weighted by molar-refractivity contribution is 0.0683. The third kappa shape index (κ3) is 3.20. The van der Waals surface area contributed by atoms with E-state index in [1.807, 2.05) is 6.92 Å². The van der Waals surface area contributed by atoms with Gasteiger partial charge in [-0.2, -0.15) is 0 Å². The summed E-state index contributed by atoms with van der Waals surface area (Å²) in [6.07, 6.45) is 1.64. The average Bonchev–Trinajstić information content (AvgIpc) is 2.91. The van der Waals surface area contributed by atoms with Crippen LogP contribution in [0.1, 0.15) is 26.4 Å². The molecule has 0 saturated heterocycles. The Bertz CT molecular complexity index is 1040. The number of carboxylic acid groups (broad SMARTS) is 2. The van der Waals surface area contributed by atoms with Crippen LogP contribution in [-0.4, -0.2) is 31.5 Å². The number of aromatic nitrogens is 2. The van der Waals surface area contributed by atoms with Gasteiger partial charge < -0.3 is 10.2 Å². The lowest BCUT2D eigenvalue weighted by Gasteiger charge is -2.00. The Hall–Kier alpha value is -3.26. The standard InChI is InChI=1S/C16H11ClN4O4/c1-8-4-5-21-12(6-8)18-13(16(24)25)14(21)20-19-9-2-3-11(17)10(7-9)15(22)23/h2-7H,1H3,(H,22,23)(H,24,25). The van der Waals surface area contributed by atoms with Gasteiger partial charge in [0.15, 0.2) is 11.5 Å². The molecule has 25 heavy (non-hydrogen) atoms. The number of hydrogen-bond acceptors (Lipinski definition) is 5. The smallest absolute Gasteiger partial charge is 0.358 e. The van der Waals surface area contributed by atoms with E-state index in [9.17, 15) is 14.7 Å². The van der Waals surface area contributed by atoms with Crippen LogP contribution >= 0.6 is 11.6 Å². The zero-order valence-electron chi connectivity index (χ0n) is 12.8. The Morgan fingerprint density at radius 2 is 1.88 bits per heavy atom. The highest BCUT2D eigenvalue weighted by molar-refractivity contribution is 6.33. The maximum Gasteiger partial charge on any atom is 0.358 e. The summed E-state index contributed by atoms with van der Waals surface area (Å²) in [6.45, 7) is 1.86. The molecule has 0 saturated carbocycles. The molecule has 0 atom stereocenters. The van der Waals surface area contributed by atoms with Gasteiger partial charge in [0.2, 0.25) is 0 Å². The number of aryl methyl sites for hydroxylation is 1. The topological polar surface area (TPSA) is 117 Å². The van der Waals surface area contributed by atoms with Crippen molar-refractivity contribution >= 4 is 40.7 Å². The number of halogens is 1. The van der Waals surface area contributed by atoms with E-state index in [1.54, 1.807) is 18.3 Å². The summed E-state index contributed by atoms with van der Waals surface area (Å²) in [5.74, 6) is -2.40. The van der Waals surface area contributed by atoms with Gasteiger partial charge in [-0.1, -0.05) is 11.6 Å². The molecule has 2 N–H and O–H groups in total. The summed E-state index contributed by atoms with van der Waals surface area (Å²) < 4.78 is 1.49. The first kappa shape index (κ1) is 16.6. The number of azo groups is 1. The van der Waals surface area contributed by atoms with Crippen molar-refractivity contribution in [2.24, 2.45) is 10.2 Å². The van der Waals surface area contributed by atoms with E-state index in [-0.39, 0.29) is 27.8 Å². The number of rotatable bonds is 4. The minimum absolute atomic E-state index is 0.0364. The molecule has 3 aromatic rings.